The second-order valence-corrected chi connectivity index (χ2v) is 8.41. The minimum atomic E-state index is -0.215. The molecule has 1 fully saturated rings. The highest BCUT2D eigenvalue weighted by atomic mass is 35.5. The Labute approximate surface area is 190 Å². The van der Waals surface area contributed by atoms with E-state index in [1.165, 1.54) is 11.8 Å². The van der Waals surface area contributed by atoms with Gasteiger partial charge in [-0.15, -0.1) is 0 Å². The number of carbonyl (C=O) groups excluding carboxylic acids is 1. The predicted octanol–water partition coefficient (Wildman–Crippen LogP) is 4.62. The lowest BCUT2D eigenvalue weighted by molar-refractivity contribution is -0.113. The van der Waals surface area contributed by atoms with Crippen LogP contribution >= 0.6 is 23.4 Å². The van der Waals surface area contributed by atoms with Crippen molar-refractivity contribution < 1.29 is 19.0 Å². The second kappa shape index (κ2) is 10.2. The van der Waals surface area contributed by atoms with Gasteiger partial charge in [-0.3, -0.25) is 4.79 Å². The molecule has 0 N–H and O–H groups in total. The van der Waals surface area contributed by atoms with Gasteiger partial charge in [0.05, 0.1) is 24.7 Å². The third-order valence-electron chi connectivity index (χ3n) is 4.76. The summed E-state index contributed by atoms with van der Waals surface area (Å²) in [6.45, 7) is 5.65. The summed E-state index contributed by atoms with van der Waals surface area (Å²) < 4.78 is 17.1. The number of benzene rings is 2. The van der Waals surface area contributed by atoms with Gasteiger partial charge in [0.2, 0.25) is 0 Å². The minimum absolute atomic E-state index is 0.215. The highest BCUT2D eigenvalue weighted by Gasteiger charge is 2.27. The van der Waals surface area contributed by atoms with Gasteiger partial charge >= 0.3 is 0 Å². The molecule has 0 bridgehead atoms. The van der Waals surface area contributed by atoms with Crippen LogP contribution in [0.25, 0.3) is 6.08 Å². The van der Waals surface area contributed by atoms with Crippen molar-refractivity contribution in [2.24, 2.45) is 4.99 Å². The van der Waals surface area contributed by atoms with E-state index in [2.05, 4.69) is 9.89 Å². The summed E-state index contributed by atoms with van der Waals surface area (Å²) in [7, 11) is 0. The Morgan fingerprint density at radius 3 is 2.65 bits per heavy atom. The van der Waals surface area contributed by atoms with Crippen molar-refractivity contribution in [3.63, 3.8) is 0 Å². The first-order valence-electron chi connectivity index (χ1n) is 10.1. The molecular formula is C23H23ClN2O4S. The standard InChI is InChI=1S/C23H23ClN2O4S/c1-2-29-20-13-17(5-8-19(20)30-15-16-3-6-18(24)7-4-16)14-21-22(27)25-23(31-21)26-9-11-28-12-10-26/h3-8,13-14H,2,9-12,15H2,1H3/b21-14-. The highest BCUT2D eigenvalue weighted by molar-refractivity contribution is 8.18. The molecule has 0 saturated carbocycles. The number of amides is 1. The number of ether oxygens (including phenoxy) is 3. The molecule has 0 aromatic heterocycles. The molecule has 0 atom stereocenters. The lowest BCUT2D eigenvalue weighted by Crippen LogP contribution is -2.38. The van der Waals surface area contributed by atoms with E-state index in [1.807, 2.05) is 55.5 Å². The fourth-order valence-corrected chi connectivity index (χ4v) is 4.27. The monoisotopic (exact) mass is 458 g/mol. The van der Waals surface area contributed by atoms with Crippen LogP contribution in [0.4, 0.5) is 0 Å². The van der Waals surface area contributed by atoms with Gasteiger partial charge in [0, 0.05) is 18.1 Å². The Morgan fingerprint density at radius 2 is 1.90 bits per heavy atom. The Hall–Kier alpha value is -2.48. The molecule has 2 heterocycles. The maximum Gasteiger partial charge on any atom is 0.286 e. The molecule has 1 amide bonds. The number of amidine groups is 1. The summed E-state index contributed by atoms with van der Waals surface area (Å²) in [5.74, 6) is 1.07. The van der Waals surface area contributed by atoms with Crippen molar-refractivity contribution in [1.29, 1.82) is 0 Å². The van der Waals surface area contributed by atoms with Crippen molar-refractivity contribution in [1.82, 2.24) is 4.90 Å². The topological polar surface area (TPSA) is 60.4 Å². The Kier molecular flexibility index (Phi) is 7.17. The van der Waals surface area contributed by atoms with Gasteiger partial charge < -0.3 is 19.1 Å². The zero-order valence-corrected chi connectivity index (χ0v) is 18.7. The van der Waals surface area contributed by atoms with Crippen LogP contribution in [0.1, 0.15) is 18.1 Å². The summed E-state index contributed by atoms with van der Waals surface area (Å²) in [4.78, 5) is 19.3. The number of rotatable bonds is 6. The van der Waals surface area contributed by atoms with Crippen LogP contribution in [-0.4, -0.2) is 48.9 Å². The van der Waals surface area contributed by atoms with E-state index >= 15 is 0 Å². The smallest absolute Gasteiger partial charge is 0.286 e. The van der Waals surface area contributed by atoms with E-state index in [-0.39, 0.29) is 5.91 Å². The molecule has 8 heteroatoms. The zero-order chi connectivity index (χ0) is 21.6. The van der Waals surface area contributed by atoms with Crippen molar-refractivity contribution in [3.05, 3.63) is 63.5 Å². The molecule has 2 aromatic carbocycles. The first-order chi connectivity index (χ1) is 15.1. The first-order valence-corrected chi connectivity index (χ1v) is 11.3. The molecule has 0 unspecified atom stereocenters. The number of carbonyl (C=O) groups is 1. The van der Waals surface area contributed by atoms with E-state index in [1.54, 1.807) is 0 Å². The number of morpholine rings is 1. The van der Waals surface area contributed by atoms with Gasteiger partial charge in [-0.1, -0.05) is 29.8 Å². The van der Waals surface area contributed by atoms with Crippen molar-refractivity contribution in [3.8, 4) is 11.5 Å². The molecule has 2 aliphatic heterocycles. The largest absolute Gasteiger partial charge is 0.490 e. The van der Waals surface area contributed by atoms with Gasteiger partial charge in [-0.25, -0.2) is 0 Å². The summed E-state index contributed by atoms with van der Waals surface area (Å²) in [6, 6.07) is 13.2. The van der Waals surface area contributed by atoms with Crippen molar-refractivity contribution in [2.45, 2.75) is 13.5 Å². The maximum atomic E-state index is 12.4. The van der Waals surface area contributed by atoms with Crippen LogP contribution in [0.15, 0.2) is 52.4 Å². The maximum absolute atomic E-state index is 12.4. The lowest BCUT2D eigenvalue weighted by Gasteiger charge is -2.27. The van der Waals surface area contributed by atoms with E-state index in [0.717, 1.165) is 29.4 Å². The number of thioether (sulfide) groups is 1. The van der Waals surface area contributed by atoms with E-state index in [4.69, 9.17) is 25.8 Å². The SMILES string of the molecule is CCOc1cc(/C=C2\SC(N3CCOCC3)=NC2=O)ccc1OCc1ccc(Cl)cc1. The zero-order valence-electron chi connectivity index (χ0n) is 17.2. The molecule has 1 saturated heterocycles. The Bertz CT molecular complexity index is 1000. The number of halogens is 1. The quantitative estimate of drug-likeness (QED) is 0.588. The fourth-order valence-electron chi connectivity index (χ4n) is 3.18. The normalized spacial score (nSPS) is 17.7. The molecule has 4 rings (SSSR count). The molecule has 31 heavy (non-hydrogen) atoms. The predicted molar refractivity (Wildman–Crippen MR) is 124 cm³/mol. The second-order valence-electron chi connectivity index (χ2n) is 6.96. The molecule has 0 aliphatic carbocycles. The average Bonchev–Trinajstić information content (AvgIpc) is 3.15. The van der Waals surface area contributed by atoms with E-state index < -0.39 is 0 Å². The molecule has 0 radical (unpaired) electrons. The third kappa shape index (κ3) is 5.61. The molecule has 0 spiro atoms. The molecular weight excluding hydrogens is 436 g/mol. The first kappa shape index (κ1) is 21.7. The molecule has 6 nitrogen and oxygen atoms in total. The number of nitrogens with zero attached hydrogens (tertiary/aromatic N) is 2. The van der Waals surface area contributed by atoms with E-state index in [0.29, 0.717) is 47.9 Å². The minimum Gasteiger partial charge on any atom is -0.490 e. The molecule has 162 valence electrons. The van der Waals surface area contributed by atoms with Crippen LogP contribution in [0.5, 0.6) is 11.5 Å². The van der Waals surface area contributed by atoms with Gasteiger partial charge in [0.1, 0.15) is 6.61 Å². The van der Waals surface area contributed by atoms with Crippen LogP contribution in [-0.2, 0) is 16.1 Å². The van der Waals surface area contributed by atoms with Crippen LogP contribution in [0, 0.1) is 0 Å². The summed E-state index contributed by atoms with van der Waals surface area (Å²) in [6.07, 6.45) is 1.84. The fraction of sp³-hybridized carbons (Fsp3) is 0.304. The Morgan fingerprint density at radius 1 is 1.13 bits per heavy atom. The molecule has 2 aliphatic rings. The van der Waals surface area contributed by atoms with Crippen LogP contribution in [0.3, 0.4) is 0 Å². The lowest BCUT2D eigenvalue weighted by atomic mass is 10.2. The van der Waals surface area contributed by atoms with Crippen LogP contribution in [0.2, 0.25) is 5.02 Å². The third-order valence-corrected chi connectivity index (χ3v) is 6.06. The molecule has 2 aromatic rings. The highest BCUT2D eigenvalue weighted by Crippen LogP contribution is 2.34. The number of hydrogen-bond acceptors (Lipinski definition) is 6. The van der Waals surface area contributed by atoms with E-state index in [9.17, 15) is 4.79 Å². The van der Waals surface area contributed by atoms with Crippen LogP contribution < -0.4 is 9.47 Å². The summed E-state index contributed by atoms with van der Waals surface area (Å²) in [5.41, 5.74) is 1.87. The summed E-state index contributed by atoms with van der Waals surface area (Å²) in [5, 5.41) is 1.43. The van der Waals surface area contributed by atoms with Crippen molar-refractivity contribution >= 4 is 40.5 Å². The van der Waals surface area contributed by atoms with Gasteiger partial charge in [-0.05, 0) is 60.2 Å². The number of hydrogen-bond donors (Lipinski definition) is 0. The summed E-state index contributed by atoms with van der Waals surface area (Å²) >= 11 is 7.34. The van der Waals surface area contributed by atoms with Crippen molar-refractivity contribution in [2.75, 3.05) is 32.9 Å². The Balaban J connectivity index is 1.47. The van der Waals surface area contributed by atoms with Gasteiger partial charge in [0.15, 0.2) is 16.7 Å². The van der Waals surface area contributed by atoms with Gasteiger partial charge in [-0.2, -0.15) is 4.99 Å². The average molecular weight is 459 g/mol. The van der Waals surface area contributed by atoms with Gasteiger partial charge in [0.25, 0.3) is 5.91 Å². The number of aliphatic imine (C=N–C) groups is 1.